The zero-order valence-corrected chi connectivity index (χ0v) is 12.4. The third-order valence-electron chi connectivity index (χ3n) is 2.47. The Morgan fingerprint density at radius 3 is 2.63 bits per heavy atom. The van der Waals surface area contributed by atoms with Gasteiger partial charge in [-0.05, 0) is 32.4 Å². The summed E-state index contributed by atoms with van der Waals surface area (Å²) in [6, 6.07) is 3.31. The van der Waals surface area contributed by atoms with Crippen LogP contribution in [-0.2, 0) is 11.3 Å². The average Bonchev–Trinajstić information content (AvgIpc) is 2.69. The Kier molecular flexibility index (Phi) is 5.62. The summed E-state index contributed by atoms with van der Waals surface area (Å²) >= 11 is 7.19. The predicted octanol–water partition coefficient (Wildman–Crippen LogP) is 2.84. The van der Waals surface area contributed by atoms with Crippen molar-refractivity contribution >= 4 is 34.9 Å². The van der Waals surface area contributed by atoms with Crippen LogP contribution in [0.25, 0.3) is 0 Å². The number of rotatable bonds is 6. The predicted molar refractivity (Wildman–Crippen MR) is 75.6 cm³/mol. The highest BCUT2D eigenvalue weighted by atomic mass is 35.5. The molecule has 1 rings (SSSR count). The molecule has 106 valence electrons. The molecule has 5 nitrogen and oxygen atoms in total. The summed E-state index contributed by atoms with van der Waals surface area (Å²) in [7, 11) is 0. The number of carboxylic acids is 1. The number of thiophene rings is 1. The van der Waals surface area contributed by atoms with Gasteiger partial charge in [0.05, 0.1) is 10.9 Å². The molecule has 0 saturated heterocycles. The molecule has 0 aromatic carbocycles. The van der Waals surface area contributed by atoms with Crippen molar-refractivity contribution in [3.8, 4) is 0 Å². The van der Waals surface area contributed by atoms with Crippen molar-refractivity contribution in [3.05, 3.63) is 21.3 Å². The van der Waals surface area contributed by atoms with Crippen molar-refractivity contribution in [2.75, 3.05) is 0 Å². The summed E-state index contributed by atoms with van der Waals surface area (Å²) in [6.45, 7) is 3.98. The van der Waals surface area contributed by atoms with E-state index in [1.54, 1.807) is 19.9 Å². The first kappa shape index (κ1) is 15.8. The number of nitrogens with one attached hydrogen (secondary N) is 2. The lowest BCUT2D eigenvalue weighted by Crippen LogP contribution is -2.48. The molecule has 0 bridgehead atoms. The number of carbonyl (C=O) groups excluding carboxylic acids is 1. The molecule has 0 aliphatic heterocycles. The standard InChI is InChI=1S/C12H17ClN2O3S/c1-12(2,6-5-10(16)17)15-11(18)14-7-8-3-4-9(13)19-8/h3-4H,5-7H2,1-2H3,(H,16,17)(H2,14,15,18). The SMILES string of the molecule is CC(C)(CCC(=O)O)NC(=O)NCc1ccc(Cl)s1. The molecule has 19 heavy (non-hydrogen) atoms. The number of hydrogen-bond acceptors (Lipinski definition) is 3. The first-order chi connectivity index (χ1) is 8.78. The first-order valence-corrected chi connectivity index (χ1v) is 7.00. The van der Waals surface area contributed by atoms with E-state index >= 15 is 0 Å². The van der Waals surface area contributed by atoms with E-state index in [0.717, 1.165) is 4.88 Å². The summed E-state index contributed by atoms with van der Waals surface area (Å²) in [6.07, 6.45) is 0.397. The summed E-state index contributed by atoms with van der Waals surface area (Å²) in [5, 5.41) is 14.1. The second kappa shape index (κ2) is 6.77. The maximum Gasteiger partial charge on any atom is 0.315 e. The topological polar surface area (TPSA) is 78.4 Å². The molecule has 0 unspecified atom stereocenters. The van der Waals surface area contributed by atoms with Crippen molar-refractivity contribution in [1.29, 1.82) is 0 Å². The van der Waals surface area contributed by atoms with E-state index in [9.17, 15) is 9.59 Å². The van der Waals surface area contributed by atoms with E-state index in [2.05, 4.69) is 10.6 Å². The lowest BCUT2D eigenvalue weighted by molar-refractivity contribution is -0.137. The first-order valence-electron chi connectivity index (χ1n) is 5.80. The van der Waals surface area contributed by atoms with Gasteiger partial charge in [0.15, 0.2) is 0 Å². The molecular weight excluding hydrogens is 288 g/mol. The molecule has 3 N–H and O–H groups in total. The van der Waals surface area contributed by atoms with Crippen LogP contribution in [0.5, 0.6) is 0 Å². The normalized spacial score (nSPS) is 11.1. The Balaban J connectivity index is 2.35. The smallest absolute Gasteiger partial charge is 0.315 e. The van der Waals surface area contributed by atoms with Crippen LogP contribution in [0.2, 0.25) is 4.34 Å². The number of hydrogen-bond donors (Lipinski definition) is 3. The molecule has 0 saturated carbocycles. The molecule has 2 amide bonds. The van der Waals surface area contributed by atoms with Gasteiger partial charge < -0.3 is 15.7 Å². The number of aliphatic carboxylic acids is 1. The van der Waals surface area contributed by atoms with Crippen molar-refractivity contribution in [3.63, 3.8) is 0 Å². The van der Waals surface area contributed by atoms with Crippen LogP contribution in [0, 0.1) is 0 Å². The number of amides is 2. The molecule has 0 aliphatic rings. The quantitative estimate of drug-likeness (QED) is 0.756. The monoisotopic (exact) mass is 304 g/mol. The van der Waals surface area contributed by atoms with Crippen LogP contribution >= 0.6 is 22.9 Å². The van der Waals surface area contributed by atoms with Gasteiger partial charge in [-0.2, -0.15) is 0 Å². The summed E-state index contributed by atoms with van der Waals surface area (Å²) in [5.74, 6) is -0.872. The van der Waals surface area contributed by atoms with E-state index in [-0.39, 0.29) is 12.5 Å². The fourth-order valence-corrected chi connectivity index (χ4v) is 2.47. The molecular formula is C12H17ClN2O3S. The number of carbonyl (C=O) groups is 2. The summed E-state index contributed by atoms with van der Waals surface area (Å²) in [4.78, 5) is 23.2. The summed E-state index contributed by atoms with van der Waals surface area (Å²) in [5.41, 5.74) is -0.560. The minimum Gasteiger partial charge on any atom is -0.481 e. The third kappa shape index (κ3) is 6.45. The van der Waals surface area contributed by atoms with Gasteiger partial charge >= 0.3 is 12.0 Å². The molecule has 0 aliphatic carbocycles. The van der Waals surface area contributed by atoms with Crippen molar-refractivity contribution in [1.82, 2.24) is 10.6 Å². The minimum absolute atomic E-state index is 0.0216. The van der Waals surface area contributed by atoms with E-state index in [1.165, 1.54) is 11.3 Å². The lowest BCUT2D eigenvalue weighted by Gasteiger charge is -2.25. The minimum atomic E-state index is -0.872. The second-order valence-corrected chi connectivity index (χ2v) is 6.59. The fraction of sp³-hybridized carbons (Fsp3) is 0.500. The van der Waals surface area contributed by atoms with Gasteiger partial charge in [0.2, 0.25) is 0 Å². The highest BCUT2D eigenvalue weighted by molar-refractivity contribution is 7.16. The highest BCUT2D eigenvalue weighted by Gasteiger charge is 2.21. The van der Waals surface area contributed by atoms with Crippen LogP contribution in [0.15, 0.2) is 12.1 Å². The number of urea groups is 1. The van der Waals surface area contributed by atoms with Crippen LogP contribution in [-0.4, -0.2) is 22.6 Å². The summed E-state index contributed by atoms with van der Waals surface area (Å²) < 4.78 is 0.680. The van der Waals surface area contributed by atoms with Gasteiger partial charge in [-0.15, -0.1) is 11.3 Å². The van der Waals surface area contributed by atoms with Crippen LogP contribution in [0.4, 0.5) is 4.79 Å². The molecule has 1 aromatic heterocycles. The van der Waals surface area contributed by atoms with E-state index in [0.29, 0.717) is 17.3 Å². The van der Waals surface area contributed by atoms with Gasteiger partial charge in [-0.25, -0.2) is 4.79 Å². The largest absolute Gasteiger partial charge is 0.481 e. The molecule has 0 atom stereocenters. The Morgan fingerprint density at radius 2 is 2.11 bits per heavy atom. The Hall–Kier alpha value is -1.27. The average molecular weight is 305 g/mol. The van der Waals surface area contributed by atoms with Gasteiger partial charge in [0, 0.05) is 16.8 Å². The number of carboxylic acid groups (broad SMARTS) is 1. The van der Waals surface area contributed by atoms with Crippen molar-refractivity contribution < 1.29 is 14.7 Å². The van der Waals surface area contributed by atoms with Gasteiger partial charge in [0.1, 0.15) is 0 Å². The van der Waals surface area contributed by atoms with Gasteiger partial charge in [0.25, 0.3) is 0 Å². The molecule has 7 heteroatoms. The molecule has 1 heterocycles. The highest BCUT2D eigenvalue weighted by Crippen LogP contribution is 2.21. The van der Waals surface area contributed by atoms with Crippen LogP contribution in [0.3, 0.4) is 0 Å². The zero-order valence-electron chi connectivity index (χ0n) is 10.8. The second-order valence-electron chi connectivity index (χ2n) is 4.79. The van der Waals surface area contributed by atoms with Crippen molar-refractivity contribution in [2.45, 2.75) is 38.8 Å². The van der Waals surface area contributed by atoms with Crippen LogP contribution < -0.4 is 10.6 Å². The van der Waals surface area contributed by atoms with E-state index in [4.69, 9.17) is 16.7 Å². The Labute approximate surface area is 121 Å². The number of halogens is 1. The third-order valence-corrected chi connectivity index (χ3v) is 3.70. The molecule has 1 aromatic rings. The maximum atomic E-state index is 11.7. The van der Waals surface area contributed by atoms with Crippen molar-refractivity contribution in [2.24, 2.45) is 0 Å². The molecule has 0 fully saturated rings. The Bertz CT molecular complexity index is 460. The molecule has 0 spiro atoms. The van der Waals surface area contributed by atoms with E-state index < -0.39 is 11.5 Å². The van der Waals surface area contributed by atoms with Crippen LogP contribution in [0.1, 0.15) is 31.6 Å². The Morgan fingerprint density at radius 1 is 1.42 bits per heavy atom. The van der Waals surface area contributed by atoms with Gasteiger partial charge in [-0.1, -0.05) is 11.6 Å². The molecule has 0 radical (unpaired) electrons. The fourth-order valence-electron chi connectivity index (χ4n) is 1.45. The van der Waals surface area contributed by atoms with Gasteiger partial charge in [-0.3, -0.25) is 4.79 Å². The van der Waals surface area contributed by atoms with E-state index in [1.807, 2.05) is 6.07 Å². The lowest BCUT2D eigenvalue weighted by atomic mass is 9.99. The maximum absolute atomic E-state index is 11.7. The zero-order chi connectivity index (χ0) is 14.5.